The summed E-state index contributed by atoms with van der Waals surface area (Å²) in [5.74, 6) is 0.474. The van der Waals surface area contributed by atoms with Crippen molar-refractivity contribution in [2.45, 2.75) is 72.9 Å². The molecular formula is C23H40FN3S. The number of allylic oxidation sites excluding steroid dienone is 4. The number of hydrogen-bond acceptors (Lipinski definition) is 3. The van der Waals surface area contributed by atoms with Crippen LogP contribution in [0, 0.1) is 5.92 Å². The lowest BCUT2D eigenvalue weighted by Crippen LogP contribution is -2.17. The molecule has 0 saturated heterocycles. The molecule has 0 aliphatic carbocycles. The Morgan fingerprint density at radius 3 is 2.43 bits per heavy atom. The minimum absolute atomic E-state index is 0.474. The van der Waals surface area contributed by atoms with Crippen LogP contribution in [0.3, 0.4) is 0 Å². The number of rotatable bonds is 11. The highest BCUT2D eigenvalue weighted by Crippen LogP contribution is 2.54. The number of nitrogens with zero attached hydrogens (tertiary/aromatic N) is 2. The molecule has 1 N–H and O–H groups in total. The first-order valence-corrected chi connectivity index (χ1v) is 13.0. The van der Waals surface area contributed by atoms with Crippen molar-refractivity contribution >= 4 is 20.8 Å². The number of aliphatic imine (C=N–C) groups is 1. The average Bonchev–Trinajstić information content (AvgIpc) is 2.97. The fraction of sp³-hybridized carbons (Fsp3) is 0.652. The predicted molar refractivity (Wildman–Crippen MR) is 127 cm³/mol. The van der Waals surface area contributed by atoms with E-state index in [1.54, 1.807) is 6.92 Å². The number of hydrogen-bond donors (Lipinski definition) is 1. The van der Waals surface area contributed by atoms with Crippen molar-refractivity contribution in [2.24, 2.45) is 16.0 Å². The van der Waals surface area contributed by atoms with Crippen LogP contribution in [0.5, 0.6) is 0 Å². The van der Waals surface area contributed by atoms with Crippen molar-refractivity contribution in [3.8, 4) is 0 Å². The van der Waals surface area contributed by atoms with Gasteiger partial charge in [-0.3, -0.25) is 10.4 Å². The minimum atomic E-state index is -1.41. The van der Waals surface area contributed by atoms with Crippen molar-refractivity contribution in [3.63, 3.8) is 0 Å². The second kappa shape index (κ2) is 11.6. The molecule has 160 valence electrons. The second-order valence-electron chi connectivity index (χ2n) is 7.89. The van der Waals surface area contributed by atoms with Gasteiger partial charge in [0.05, 0.1) is 10.7 Å². The van der Waals surface area contributed by atoms with Crippen LogP contribution in [0.25, 0.3) is 0 Å². The molecule has 0 spiro atoms. The normalized spacial score (nSPS) is 21.9. The lowest BCUT2D eigenvalue weighted by molar-refractivity contribution is 0.458. The van der Waals surface area contributed by atoms with Gasteiger partial charge in [-0.05, 0) is 68.8 Å². The number of alkyl halides is 1. The Morgan fingerprint density at radius 1 is 1.25 bits per heavy atom. The fourth-order valence-corrected chi connectivity index (χ4v) is 5.92. The molecule has 0 saturated carbocycles. The van der Waals surface area contributed by atoms with Gasteiger partial charge in [0.2, 0.25) is 0 Å². The van der Waals surface area contributed by atoms with E-state index in [1.165, 1.54) is 12.8 Å². The van der Waals surface area contributed by atoms with Gasteiger partial charge in [-0.15, -0.1) is 0 Å². The van der Waals surface area contributed by atoms with Crippen LogP contribution in [0.1, 0.15) is 66.7 Å². The largest absolute Gasteiger partial charge is 0.285 e. The monoisotopic (exact) mass is 409 g/mol. The van der Waals surface area contributed by atoms with Gasteiger partial charge in [-0.2, -0.15) is 15.1 Å². The third-order valence-corrected chi connectivity index (χ3v) is 8.11. The van der Waals surface area contributed by atoms with E-state index in [0.717, 1.165) is 47.7 Å². The minimum Gasteiger partial charge on any atom is -0.285 e. The summed E-state index contributed by atoms with van der Waals surface area (Å²) in [7, 11) is -1.41. The zero-order valence-corrected chi connectivity index (χ0v) is 19.8. The van der Waals surface area contributed by atoms with Crippen LogP contribution in [0.15, 0.2) is 45.0 Å². The topological polar surface area (TPSA) is 36.8 Å². The SMILES string of the molecule is C=C(C(C=CC(C)=C1NN=C(C(C)F)S1(C)C)=NCCC)C(CC)CCCC. The van der Waals surface area contributed by atoms with E-state index < -0.39 is 16.2 Å². The molecule has 2 atom stereocenters. The van der Waals surface area contributed by atoms with E-state index in [-0.39, 0.29) is 0 Å². The molecule has 0 amide bonds. The molecular weight excluding hydrogens is 369 g/mol. The van der Waals surface area contributed by atoms with Gasteiger partial charge in [0.25, 0.3) is 0 Å². The van der Waals surface area contributed by atoms with Gasteiger partial charge in [-0.25, -0.2) is 4.39 Å². The molecule has 0 bridgehead atoms. The highest BCUT2D eigenvalue weighted by Gasteiger charge is 2.34. The van der Waals surface area contributed by atoms with E-state index in [0.29, 0.717) is 11.0 Å². The zero-order chi connectivity index (χ0) is 21.3. The summed E-state index contributed by atoms with van der Waals surface area (Å²) in [5.41, 5.74) is 6.30. The lowest BCUT2D eigenvalue weighted by atomic mass is 9.89. The van der Waals surface area contributed by atoms with Gasteiger partial charge in [0.15, 0.2) is 0 Å². The van der Waals surface area contributed by atoms with E-state index >= 15 is 0 Å². The van der Waals surface area contributed by atoms with Gasteiger partial charge in [0, 0.05) is 6.54 Å². The summed E-state index contributed by atoms with van der Waals surface area (Å²) >= 11 is 0. The summed E-state index contributed by atoms with van der Waals surface area (Å²) in [6.07, 6.45) is 13.0. The summed E-state index contributed by atoms with van der Waals surface area (Å²) in [6.45, 7) is 15.4. The maximum atomic E-state index is 13.9. The van der Waals surface area contributed by atoms with E-state index in [1.807, 2.05) is 0 Å². The summed E-state index contributed by atoms with van der Waals surface area (Å²) in [6, 6.07) is 0. The standard InChI is InChI=1S/C23H40FN3S/c1-9-12-13-20(11-3)18(5)21(25-16-10-2)15-14-17(4)22-26-27-23(19(6)24)28(22,7)8/h14-15,19-20,26H,5,9-13,16H2,1-4,6-8H3. The maximum Gasteiger partial charge on any atom is 0.146 e. The third kappa shape index (κ3) is 6.33. The molecule has 5 heteroatoms. The Kier molecular flexibility index (Phi) is 10.2. The van der Waals surface area contributed by atoms with Gasteiger partial charge >= 0.3 is 0 Å². The van der Waals surface area contributed by atoms with Crippen molar-refractivity contribution < 1.29 is 4.39 Å². The predicted octanol–water partition coefficient (Wildman–Crippen LogP) is 6.74. The van der Waals surface area contributed by atoms with Gasteiger partial charge in [-0.1, -0.05) is 46.3 Å². The zero-order valence-electron chi connectivity index (χ0n) is 18.9. The van der Waals surface area contributed by atoms with Crippen molar-refractivity contribution in [1.29, 1.82) is 0 Å². The quantitative estimate of drug-likeness (QED) is 0.377. The molecule has 0 radical (unpaired) electrons. The second-order valence-corrected chi connectivity index (χ2v) is 11.4. The molecule has 1 aliphatic rings. The molecule has 2 unspecified atom stereocenters. The summed E-state index contributed by atoms with van der Waals surface area (Å²) in [4.78, 5) is 4.80. The van der Waals surface area contributed by atoms with Crippen molar-refractivity contribution in [1.82, 2.24) is 5.43 Å². The smallest absolute Gasteiger partial charge is 0.146 e. The molecule has 28 heavy (non-hydrogen) atoms. The summed E-state index contributed by atoms with van der Waals surface area (Å²) in [5, 5.41) is 5.93. The number of halogens is 1. The van der Waals surface area contributed by atoms with E-state index in [4.69, 9.17) is 4.99 Å². The van der Waals surface area contributed by atoms with Crippen LogP contribution in [0.2, 0.25) is 0 Å². The first-order chi connectivity index (χ1) is 13.2. The molecule has 1 heterocycles. The van der Waals surface area contributed by atoms with Gasteiger partial charge < -0.3 is 0 Å². The molecule has 0 fully saturated rings. The molecule has 1 aliphatic heterocycles. The molecule has 0 aromatic rings. The Balaban J connectivity index is 3.10. The number of unbranched alkanes of at least 4 members (excludes halogenated alkanes) is 1. The fourth-order valence-electron chi connectivity index (χ4n) is 3.48. The Morgan fingerprint density at radius 2 is 1.93 bits per heavy atom. The Hall–Kier alpha value is -1.36. The summed E-state index contributed by atoms with van der Waals surface area (Å²) < 4.78 is 13.9. The first kappa shape index (κ1) is 24.7. The Bertz CT molecular complexity index is 657. The third-order valence-electron chi connectivity index (χ3n) is 5.22. The van der Waals surface area contributed by atoms with E-state index in [9.17, 15) is 4.39 Å². The molecule has 0 aromatic carbocycles. The molecule has 3 nitrogen and oxygen atoms in total. The highest BCUT2D eigenvalue weighted by molar-refractivity contribution is 8.47. The van der Waals surface area contributed by atoms with Crippen LogP contribution < -0.4 is 5.43 Å². The molecule has 0 aromatic heterocycles. The number of hydrazone groups is 1. The van der Waals surface area contributed by atoms with Crippen molar-refractivity contribution in [2.75, 3.05) is 19.1 Å². The van der Waals surface area contributed by atoms with Crippen LogP contribution >= 0.6 is 10.0 Å². The average molecular weight is 410 g/mol. The van der Waals surface area contributed by atoms with Crippen LogP contribution in [0.4, 0.5) is 4.39 Å². The highest BCUT2D eigenvalue weighted by atomic mass is 32.3. The van der Waals surface area contributed by atoms with Crippen molar-refractivity contribution in [3.05, 3.63) is 34.9 Å². The number of nitrogens with one attached hydrogen (secondary N) is 1. The van der Waals surface area contributed by atoms with Crippen LogP contribution in [-0.2, 0) is 0 Å². The Labute approximate surface area is 173 Å². The van der Waals surface area contributed by atoms with E-state index in [2.05, 4.69) is 69.5 Å². The molecule has 1 rings (SSSR count). The lowest BCUT2D eigenvalue weighted by Gasteiger charge is -2.29. The maximum absolute atomic E-state index is 13.9. The van der Waals surface area contributed by atoms with Gasteiger partial charge in [0.1, 0.15) is 11.2 Å². The first-order valence-electron chi connectivity index (χ1n) is 10.5. The van der Waals surface area contributed by atoms with Crippen LogP contribution in [-0.4, -0.2) is 36.0 Å².